The number of piperazine rings is 1. The van der Waals surface area contributed by atoms with Crippen LogP contribution in [-0.4, -0.2) is 75.0 Å². The monoisotopic (exact) mass is 460 g/mol. The van der Waals surface area contributed by atoms with Crippen molar-refractivity contribution in [1.29, 1.82) is 0 Å². The van der Waals surface area contributed by atoms with Crippen LogP contribution in [0.4, 0.5) is 11.4 Å². The molecule has 0 aromatic heterocycles. The zero-order valence-electron chi connectivity index (χ0n) is 18.3. The van der Waals surface area contributed by atoms with E-state index in [-0.39, 0.29) is 22.8 Å². The molecule has 172 valence electrons. The van der Waals surface area contributed by atoms with E-state index < -0.39 is 14.9 Å². The number of hydrogen-bond acceptors (Lipinski definition) is 7. The van der Waals surface area contributed by atoms with Gasteiger partial charge in [0.25, 0.3) is 5.69 Å². The lowest BCUT2D eigenvalue weighted by Crippen LogP contribution is -2.47. The van der Waals surface area contributed by atoms with E-state index >= 15 is 0 Å². The lowest BCUT2D eigenvalue weighted by Gasteiger charge is -2.38. The fourth-order valence-electron chi connectivity index (χ4n) is 4.25. The molecule has 2 saturated heterocycles. The summed E-state index contributed by atoms with van der Waals surface area (Å²) in [5.41, 5.74) is 1.20. The third-order valence-electron chi connectivity index (χ3n) is 6.02. The summed E-state index contributed by atoms with van der Waals surface area (Å²) in [5.74, 6) is 0. The van der Waals surface area contributed by atoms with Crippen LogP contribution in [0.5, 0.6) is 0 Å². The van der Waals surface area contributed by atoms with Crippen LogP contribution in [-0.2, 0) is 14.8 Å². The first-order valence-corrected chi connectivity index (χ1v) is 12.1. The standard InChI is InChI=1S/C22H28N4O5S/c1-17-15-24(16-22(31-17)18-6-4-3-5-7-18)20-9-8-19(14-21(20)26(27)28)32(29,30)25-12-10-23(2)11-13-25/h3-9,14,17,22H,10-13,15-16H2,1-2H3. The molecule has 32 heavy (non-hydrogen) atoms. The average Bonchev–Trinajstić information content (AvgIpc) is 2.79. The van der Waals surface area contributed by atoms with E-state index in [1.165, 1.54) is 16.4 Å². The van der Waals surface area contributed by atoms with Crippen LogP contribution in [0.15, 0.2) is 53.4 Å². The highest BCUT2D eigenvalue weighted by Crippen LogP contribution is 2.36. The molecule has 0 aliphatic carbocycles. The summed E-state index contributed by atoms with van der Waals surface area (Å²) in [7, 11) is -1.85. The fourth-order valence-corrected chi connectivity index (χ4v) is 5.70. The zero-order valence-corrected chi connectivity index (χ0v) is 19.1. The molecule has 0 N–H and O–H groups in total. The molecular formula is C22H28N4O5S. The summed E-state index contributed by atoms with van der Waals surface area (Å²) >= 11 is 0. The van der Waals surface area contributed by atoms with Gasteiger partial charge in [0.15, 0.2) is 0 Å². The van der Waals surface area contributed by atoms with Crippen LogP contribution in [0.25, 0.3) is 0 Å². The molecular weight excluding hydrogens is 432 g/mol. The van der Waals surface area contributed by atoms with Crippen molar-refractivity contribution in [3.63, 3.8) is 0 Å². The van der Waals surface area contributed by atoms with Crippen molar-refractivity contribution in [2.24, 2.45) is 0 Å². The number of morpholine rings is 1. The highest BCUT2D eigenvalue weighted by atomic mass is 32.2. The molecule has 2 aromatic rings. The van der Waals surface area contributed by atoms with Gasteiger partial charge in [-0.2, -0.15) is 4.31 Å². The van der Waals surface area contributed by atoms with E-state index in [0.717, 1.165) is 5.56 Å². The van der Waals surface area contributed by atoms with Gasteiger partial charge < -0.3 is 14.5 Å². The number of anilines is 1. The molecule has 2 fully saturated rings. The van der Waals surface area contributed by atoms with Crippen LogP contribution >= 0.6 is 0 Å². The number of nitro benzene ring substituents is 1. The van der Waals surface area contributed by atoms with Crippen LogP contribution in [0.1, 0.15) is 18.6 Å². The number of nitro groups is 1. The van der Waals surface area contributed by atoms with E-state index in [1.807, 2.05) is 49.2 Å². The number of hydrogen-bond donors (Lipinski definition) is 0. The van der Waals surface area contributed by atoms with Gasteiger partial charge in [-0.15, -0.1) is 0 Å². The summed E-state index contributed by atoms with van der Waals surface area (Å²) in [4.78, 5) is 15.4. The van der Waals surface area contributed by atoms with Gasteiger partial charge in [-0.25, -0.2) is 8.42 Å². The first kappa shape index (κ1) is 22.7. The predicted octanol–water partition coefficient (Wildman–Crippen LogP) is 2.50. The molecule has 0 bridgehead atoms. The van der Waals surface area contributed by atoms with Gasteiger partial charge in [0, 0.05) is 45.3 Å². The Labute approximate surface area is 188 Å². The molecule has 0 amide bonds. The summed E-state index contributed by atoms with van der Waals surface area (Å²) in [5, 5.41) is 11.9. The van der Waals surface area contributed by atoms with Crippen molar-refractivity contribution in [3.8, 4) is 0 Å². The van der Waals surface area contributed by atoms with E-state index in [9.17, 15) is 18.5 Å². The minimum atomic E-state index is -3.79. The first-order valence-electron chi connectivity index (χ1n) is 10.7. The fraction of sp³-hybridized carbons (Fsp3) is 0.455. The summed E-state index contributed by atoms with van der Waals surface area (Å²) in [6.45, 7) is 4.86. The molecule has 2 aliphatic rings. The SMILES string of the molecule is CC1CN(c2ccc(S(=O)(=O)N3CCN(C)CC3)cc2[N+](=O)[O-])CC(c2ccccc2)O1. The Balaban J connectivity index is 1.64. The smallest absolute Gasteiger partial charge is 0.293 e. The van der Waals surface area contributed by atoms with E-state index in [4.69, 9.17) is 4.74 Å². The number of likely N-dealkylation sites (N-methyl/N-ethyl adjacent to an activating group) is 1. The Morgan fingerprint density at radius 2 is 1.72 bits per heavy atom. The number of nitrogens with zero attached hydrogens (tertiary/aromatic N) is 4. The van der Waals surface area contributed by atoms with Crippen LogP contribution < -0.4 is 4.90 Å². The highest BCUT2D eigenvalue weighted by molar-refractivity contribution is 7.89. The minimum Gasteiger partial charge on any atom is -0.367 e. The lowest BCUT2D eigenvalue weighted by atomic mass is 10.1. The number of rotatable bonds is 5. The van der Waals surface area contributed by atoms with Gasteiger partial charge in [-0.05, 0) is 31.7 Å². The van der Waals surface area contributed by atoms with E-state index in [1.54, 1.807) is 6.07 Å². The topological polar surface area (TPSA) is 96.2 Å². The molecule has 2 aliphatic heterocycles. The van der Waals surface area contributed by atoms with Crippen molar-refractivity contribution in [2.45, 2.75) is 24.0 Å². The second-order valence-corrected chi connectivity index (χ2v) is 10.3. The normalized spacial score (nSPS) is 23.2. The molecule has 2 atom stereocenters. The maximum absolute atomic E-state index is 13.1. The third kappa shape index (κ3) is 4.63. The summed E-state index contributed by atoms with van der Waals surface area (Å²) < 4.78 is 33.7. The molecule has 10 heteroatoms. The summed E-state index contributed by atoms with van der Waals surface area (Å²) in [6.07, 6.45) is -0.365. The Morgan fingerprint density at radius 1 is 1.03 bits per heavy atom. The van der Waals surface area contributed by atoms with Crippen molar-refractivity contribution in [2.75, 3.05) is 51.2 Å². The van der Waals surface area contributed by atoms with Crippen LogP contribution in [0.2, 0.25) is 0 Å². The van der Waals surface area contributed by atoms with Gasteiger partial charge >= 0.3 is 0 Å². The quantitative estimate of drug-likeness (QED) is 0.500. The lowest BCUT2D eigenvalue weighted by molar-refractivity contribution is -0.384. The number of ether oxygens (including phenoxy) is 1. The third-order valence-corrected chi connectivity index (χ3v) is 7.91. The number of sulfonamides is 1. The van der Waals surface area contributed by atoms with E-state index in [2.05, 4.69) is 4.90 Å². The second-order valence-electron chi connectivity index (χ2n) is 8.37. The second kappa shape index (κ2) is 9.14. The van der Waals surface area contributed by atoms with Gasteiger partial charge in [-0.3, -0.25) is 10.1 Å². The number of benzene rings is 2. The molecule has 4 rings (SSSR count). The van der Waals surface area contributed by atoms with Crippen molar-refractivity contribution in [1.82, 2.24) is 9.21 Å². The molecule has 0 spiro atoms. The first-order chi connectivity index (χ1) is 15.3. The van der Waals surface area contributed by atoms with Gasteiger partial charge in [0.2, 0.25) is 10.0 Å². The van der Waals surface area contributed by atoms with Gasteiger partial charge in [-0.1, -0.05) is 30.3 Å². The van der Waals surface area contributed by atoms with Crippen LogP contribution in [0.3, 0.4) is 0 Å². The maximum atomic E-state index is 13.1. The Kier molecular flexibility index (Phi) is 6.47. The zero-order chi connectivity index (χ0) is 22.9. The highest BCUT2D eigenvalue weighted by Gasteiger charge is 2.33. The molecule has 0 radical (unpaired) electrons. The average molecular weight is 461 g/mol. The summed E-state index contributed by atoms with van der Waals surface area (Å²) in [6, 6.07) is 14.0. The van der Waals surface area contributed by atoms with Crippen molar-refractivity contribution < 1.29 is 18.1 Å². The Bertz CT molecular complexity index is 1070. The Hall–Kier alpha value is -2.53. The molecule has 9 nitrogen and oxygen atoms in total. The minimum absolute atomic E-state index is 0.0431. The largest absolute Gasteiger partial charge is 0.367 e. The molecule has 2 aromatic carbocycles. The Morgan fingerprint density at radius 3 is 2.38 bits per heavy atom. The maximum Gasteiger partial charge on any atom is 0.293 e. The van der Waals surface area contributed by atoms with E-state index in [0.29, 0.717) is 45.0 Å². The molecule has 0 saturated carbocycles. The van der Waals surface area contributed by atoms with Crippen molar-refractivity contribution in [3.05, 3.63) is 64.2 Å². The van der Waals surface area contributed by atoms with Crippen molar-refractivity contribution >= 4 is 21.4 Å². The molecule has 2 unspecified atom stereocenters. The molecule has 2 heterocycles. The van der Waals surface area contributed by atoms with Gasteiger partial charge in [0.1, 0.15) is 11.8 Å². The van der Waals surface area contributed by atoms with Crippen LogP contribution in [0, 0.1) is 10.1 Å². The van der Waals surface area contributed by atoms with Gasteiger partial charge in [0.05, 0.1) is 15.9 Å². The predicted molar refractivity (Wildman–Crippen MR) is 121 cm³/mol.